The number of amides is 1. The topological polar surface area (TPSA) is 110 Å². The van der Waals surface area contributed by atoms with E-state index < -0.39 is 34.7 Å². The van der Waals surface area contributed by atoms with E-state index in [-0.39, 0.29) is 34.6 Å². The second-order valence-electron chi connectivity index (χ2n) is 7.49. The predicted molar refractivity (Wildman–Crippen MR) is 102 cm³/mol. The lowest BCUT2D eigenvalue weighted by molar-refractivity contribution is -0.140. The zero-order valence-corrected chi connectivity index (χ0v) is 16.6. The van der Waals surface area contributed by atoms with Crippen molar-refractivity contribution in [2.24, 2.45) is 18.7 Å². The van der Waals surface area contributed by atoms with Gasteiger partial charge >= 0.3 is 6.18 Å². The number of alkyl halides is 3. The Morgan fingerprint density at radius 3 is 2.47 bits per heavy atom. The molecule has 8 nitrogen and oxygen atoms in total. The van der Waals surface area contributed by atoms with Gasteiger partial charge in [0, 0.05) is 37.8 Å². The summed E-state index contributed by atoms with van der Waals surface area (Å²) in [5.41, 5.74) is 2.69. The number of carbonyl (C=O) groups excluding carboxylic acids is 1. The molecule has 13 heteroatoms. The average molecular weight is 456 g/mol. The maximum absolute atomic E-state index is 14.5. The van der Waals surface area contributed by atoms with Crippen LogP contribution in [0.15, 0.2) is 12.3 Å². The van der Waals surface area contributed by atoms with Gasteiger partial charge in [0.1, 0.15) is 5.69 Å². The van der Waals surface area contributed by atoms with Crippen LogP contribution in [0, 0.1) is 17.6 Å². The highest BCUT2D eigenvalue weighted by Crippen LogP contribution is 2.41. The van der Waals surface area contributed by atoms with Gasteiger partial charge in [-0.3, -0.25) is 4.79 Å². The fourth-order valence-electron chi connectivity index (χ4n) is 3.75. The van der Waals surface area contributed by atoms with Crippen molar-refractivity contribution in [3.63, 3.8) is 0 Å². The van der Waals surface area contributed by atoms with E-state index in [9.17, 15) is 31.9 Å². The number of primary amides is 1. The first-order chi connectivity index (χ1) is 15.0. The summed E-state index contributed by atoms with van der Waals surface area (Å²) < 4.78 is 69.0. The third-order valence-corrected chi connectivity index (χ3v) is 5.49. The number of fused-ring (bicyclic) bond motifs is 1. The number of aromatic nitrogens is 4. The minimum absolute atomic E-state index is 0.112. The molecule has 32 heavy (non-hydrogen) atoms. The number of nitrogens with two attached hydrogens (primary N) is 1. The molecule has 3 aromatic rings. The molecule has 3 heterocycles. The molecule has 2 aromatic heterocycles. The Hall–Kier alpha value is -3.51. The minimum atomic E-state index is -5.16. The smallest absolute Gasteiger partial charge is 0.419 e. The molecule has 1 aromatic carbocycles. The van der Waals surface area contributed by atoms with Crippen LogP contribution < -0.4 is 10.6 Å². The van der Waals surface area contributed by atoms with Crippen molar-refractivity contribution in [3.8, 4) is 17.0 Å². The quantitative estimate of drug-likeness (QED) is 0.587. The van der Waals surface area contributed by atoms with Gasteiger partial charge in [-0.15, -0.1) is 0 Å². The van der Waals surface area contributed by atoms with Crippen LogP contribution in [-0.2, 0) is 18.0 Å². The Morgan fingerprint density at radius 1 is 1.22 bits per heavy atom. The number of benzene rings is 1. The molecule has 1 aliphatic rings. The first-order valence-corrected chi connectivity index (χ1v) is 9.51. The molecule has 0 spiro atoms. The molecule has 0 unspecified atom stereocenters. The number of rotatable bonds is 3. The van der Waals surface area contributed by atoms with Gasteiger partial charge in [0.25, 0.3) is 0 Å². The molecule has 0 aliphatic carbocycles. The molecule has 0 bridgehead atoms. The van der Waals surface area contributed by atoms with Crippen LogP contribution in [0.25, 0.3) is 22.3 Å². The SMILES string of the molecule is Cn1nc(-c2cc(C(F)(F)F)c(F)c(O)c2F)c2cnc(N3CCC(C(N)=O)CC3)nc21. The molecule has 1 aliphatic heterocycles. The van der Waals surface area contributed by atoms with Crippen molar-refractivity contribution < 1.29 is 31.9 Å². The fraction of sp³-hybridized carbons (Fsp3) is 0.368. The summed E-state index contributed by atoms with van der Waals surface area (Å²) >= 11 is 0. The minimum Gasteiger partial charge on any atom is -0.503 e. The fourth-order valence-corrected chi connectivity index (χ4v) is 3.75. The maximum Gasteiger partial charge on any atom is 0.419 e. The predicted octanol–water partition coefficient (Wildman–Crippen LogP) is 2.73. The Kier molecular flexibility index (Phi) is 5.13. The highest BCUT2D eigenvalue weighted by Gasteiger charge is 2.38. The normalized spacial score (nSPS) is 15.5. The van der Waals surface area contributed by atoms with E-state index in [2.05, 4.69) is 15.1 Å². The van der Waals surface area contributed by atoms with E-state index in [1.165, 1.54) is 17.9 Å². The number of phenolic OH excluding ortho intramolecular Hbond substituents is 1. The van der Waals surface area contributed by atoms with Crippen molar-refractivity contribution >= 4 is 22.9 Å². The standard InChI is InChI=1S/C19H17F5N6O2/c1-29-17-10(7-26-18(27-17)30-4-2-8(3-5-30)16(25)32)14(28-29)9-6-11(19(22,23)24)13(21)15(31)12(9)20/h6-8,31H,2-5H2,1H3,(H2,25,32). The van der Waals surface area contributed by atoms with E-state index in [4.69, 9.17) is 5.73 Å². The van der Waals surface area contributed by atoms with E-state index in [0.717, 1.165) is 0 Å². The van der Waals surface area contributed by atoms with Crippen LogP contribution in [0.4, 0.5) is 27.9 Å². The van der Waals surface area contributed by atoms with Crippen molar-refractivity contribution in [1.29, 1.82) is 0 Å². The number of carbonyl (C=O) groups is 1. The van der Waals surface area contributed by atoms with Gasteiger partial charge in [-0.2, -0.15) is 23.3 Å². The monoisotopic (exact) mass is 456 g/mol. The third-order valence-electron chi connectivity index (χ3n) is 5.49. The third kappa shape index (κ3) is 3.56. The number of aryl methyl sites for hydroxylation is 1. The molecular formula is C19H17F5N6O2. The lowest BCUT2D eigenvalue weighted by Crippen LogP contribution is -2.39. The molecule has 0 saturated carbocycles. The van der Waals surface area contributed by atoms with Gasteiger partial charge in [-0.25, -0.2) is 18.4 Å². The number of hydrogen-bond acceptors (Lipinski definition) is 6. The summed E-state index contributed by atoms with van der Waals surface area (Å²) in [5.74, 6) is -5.74. The van der Waals surface area contributed by atoms with Crippen molar-refractivity contribution in [2.75, 3.05) is 18.0 Å². The lowest BCUT2D eigenvalue weighted by Gasteiger charge is -2.30. The second-order valence-corrected chi connectivity index (χ2v) is 7.49. The summed E-state index contributed by atoms with van der Waals surface area (Å²) in [4.78, 5) is 21.7. The molecule has 1 amide bonds. The molecular weight excluding hydrogens is 439 g/mol. The van der Waals surface area contributed by atoms with E-state index in [1.54, 1.807) is 0 Å². The number of hydrogen-bond donors (Lipinski definition) is 2. The van der Waals surface area contributed by atoms with Crippen LogP contribution in [0.2, 0.25) is 0 Å². The zero-order valence-electron chi connectivity index (χ0n) is 16.6. The van der Waals surface area contributed by atoms with Gasteiger partial charge in [-0.1, -0.05) is 0 Å². The van der Waals surface area contributed by atoms with Crippen LogP contribution >= 0.6 is 0 Å². The zero-order chi connectivity index (χ0) is 23.4. The van der Waals surface area contributed by atoms with Gasteiger partial charge in [-0.05, 0) is 18.9 Å². The highest BCUT2D eigenvalue weighted by molar-refractivity contribution is 5.91. The highest BCUT2D eigenvalue weighted by atomic mass is 19.4. The number of anilines is 1. The van der Waals surface area contributed by atoms with E-state index in [0.29, 0.717) is 31.9 Å². The van der Waals surface area contributed by atoms with Gasteiger partial charge < -0.3 is 15.7 Å². The summed E-state index contributed by atoms with van der Waals surface area (Å²) in [6.07, 6.45) is -2.84. The van der Waals surface area contributed by atoms with Crippen LogP contribution in [0.1, 0.15) is 18.4 Å². The molecule has 170 valence electrons. The van der Waals surface area contributed by atoms with Crippen molar-refractivity contribution in [1.82, 2.24) is 19.7 Å². The molecule has 0 radical (unpaired) electrons. The molecule has 1 fully saturated rings. The number of piperidine rings is 1. The molecule has 3 N–H and O–H groups in total. The van der Waals surface area contributed by atoms with E-state index >= 15 is 0 Å². The van der Waals surface area contributed by atoms with Crippen molar-refractivity contribution in [3.05, 3.63) is 29.5 Å². The summed E-state index contributed by atoms with van der Waals surface area (Å²) in [7, 11) is 1.45. The Bertz CT molecular complexity index is 1220. The Labute approximate surface area is 177 Å². The first-order valence-electron chi connectivity index (χ1n) is 9.51. The van der Waals surface area contributed by atoms with Crippen LogP contribution in [0.3, 0.4) is 0 Å². The summed E-state index contributed by atoms with van der Waals surface area (Å²) in [5, 5.41) is 13.7. The van der Waals surface area contributed by atoms with Gasteiger partial charge in [0.2, 0.25) is 11.9 Å². The molecule has 0 atom stereocenters. The maximum atomic E-state index is 14.5. The first kappa shape index (κ1) is 21.7. The number of nitrogens with zero attached hydrogens (tertiary/aromatic N) is 5. The van der Waals surface area contributed by atoms with Crippen molar-refractivity contribution in [2.45, 2.75) is 19.0 Å². The lowest BCUT2D eigenvalue weighted by atomic mass is 9.96. The summed E-state index contributed by atoms with van der Waals surface area (Å²) in [6.45, 7) is 0.943. The number of aromatic hydroxyl groups is 1. The van der Waals surface area contributed by atoms with Gasteiger partial charge in [0.15, 0.2) is 23.0 Å². The number of halogens is 5. The van der Waals surface area contributed by atoms with Gasteiger partial charge in [0.05, 0.1) is 10.9 Å². The van der Waals surface area contributed by atoms with Crippen LogP contribution in [0.5, 0.6) is 5.75 Å². The molecule has 1 saturated heterocycles. The van der Waals surface area contributed by atoms with E-state index in [1.807, 2.05) is 4.90 Å². The average Bonchev–Trinajstić information content (AvgIpc) is 3.07. The molecule has 4 rings (SSSR count). The second kappa shape index (κ2) is 7.57. The summed E-state index contributed by atoms with van der Waals surface area (Å²) in [6, 6.07) is 0.259. The Balaban J connectivity index is 1.77. The Morgan fingerprint density at radius 2 is 1.88 bits per heavy atom. The largest absolute Gasteiger partial charge is 0.503 e. The number of phenols is 1. The van der Waals surface area contributed by atoms with Crippen LogP contribution in [-0.4, -0.2) is 43.9 Å².